The highest BCUT2D eigenvalue weighted by molar-refractivity contribution is 5.24. The van der Waals surface area contributed by atoms with E-state index in [-0.39, 0.29) is 12.4 Å². The smallest absolute Gasteiger partial charge is 0.351 e. The van der Waals surface area contributed by atoms with Crippen LogP contribution < -0.4 is 11.4 Å². The zero-order chi connectivity index (χ0) is 18.7. The van der Waals surface area contributed by atoms with Gasteiger partial charge in [0.05, 0.1) is 13.2 Å². The minimum Gasteiger partial charge on any atom is -0.393 e. The molecule has 138 valence electrons. The summed E-state index contributed by atoms with van der Waals surface area (Å²) in [6.07, 6.45) is -0.501. The Labute approximate surface area is 150 Å². The zero-order valence-electron chi connectivity index (χ0n) is 14.1. The van der Waals surface area contributed by atoms with Crippen LogP contribution in [0.4, 0.5) is 5.82 Å². The summed E-state index contributed by atoms with van der Waals surface area (Å²) < 4.78 is 12.8. The molecule has 1 fully saturated rings. The van der Waals surface area contributed by atoms with Crippen LogP contribution in [0.1, 0.15) is 11.8 Å². The molecule has 0 unspecified atom stereocenters. The molecule has 0 amide bonds. The molecule has 8 heteroatoms. The second-order valence-corrected chi connectivity index (χ2v) is 6.08. The van der Waals surface area contributed by atoms with Crippen LogP contribution in [0.2, 0.25) is 0 Å². The number of nitrogens with zero attached hydrogens (tertiary/aromatic N) is 2. The van der Waals surface area contributed by atoms with Crippen molar-refractivity contribution in [1.82, 2.24) is 9.55 Å². The maximum atomic E-state index is 12.1. The van der Waals surface area contributed by atoms with E-state index in [9.17, 15) is 15.0 Å². The highest BCUT2D eigenvalue weighted by Crippen LogP contribution is 2.39. The van der Waals surface area contributed by atoms with E-state index in [0.717, 1.165) is 10.1 Å². The number of benzene rings is 1. The molecule has 26 heavy (non-hydrogen) atoms. The highest BCUT2D eigenvalue weighted by atomic mass is 16.6. The van der Waals surface area contributed by atoms with Crippen LogP contribution in [-0.2, 0) is 16.1 Å². The number of hydrogen-bond acceptors (Lipinski definition) is 7. The first kappa shape index (κ1) is 18.3. The molecule has 0 spiro atoms. The third-order valence-electron chi connectivity index (χ3n) is 4.41. The standard InChI is InChI=1S/C18H21N3O5/c1-2-18(11-22)15(25-10-12-6-4-3-5-7-12)14(23)16(26-18)21-9-8-13(19)20-17(21)24/h2-9,14-16,22-23H,1,10-11H2,(H2,19,20,24)/t14-,15+,16-,18-/m1/s1. The van der Waals surface area contributed by atoms with Gasteiger partial charge in [0.1, 0.15) is 23.6 Å². The van der Waals surface area contributed by atoms with Crippen molar-refractivity contribution >= 4 is 5.82 Å². The second kappa shape index (κ2) is 7.38. The molecule has 1 aliphatic rings. The van der Waals surface area contributed by atoms with Gasteiger partial charge in [0, 0.05) is 6.20 Å². The quantitative estimate of drug-likeness (QED) is 0.631. The predicted octanol–water partition coefficient (Wildman–Crippen LogP) is 0.218. The van der Waals surface area contributed by atoms with Gasteiger partial charge >= 0.3 is 5.69 Å². The van der Waals surface area contributed by atoms with Gasteiger partial charge < -0.3 is 25.4 Å². The fraction of sp³-hybridized carbons (Fsp3) is 0.333. The first-order chi connectivity index (χ1) is 12.5. The van der Waals surface area contributed by atoms with E-state index in [2.05, 4.69) is 11.6 Å². The van der Waals surface area contributed by atoms with Crippen molar-refractivity contribution in [3.05, 3.63) is 71.3 Å². The molecule has 1 aromatic heterocycles. The van der Waals surface area contributed by atoms with E-state index in [4.69, 9.17) is 15.2 Å². The van der Waals surface area contributed by atoms with Crippen molar-refractivity contribution in [3.8, 4) is 0 Å². The van der Waals surface area contributed by atoms with Crippen molar-refractivity contribution in [2.75, 3.05) is 12.3 Å². The number of nitrogens with two attached hydrogens (primary N) is 1. The molecule has 2 aromatic rings. The maximum absolute atomic E-state index is 12.1. The maximum Gasteiger partial charge on any atom is 0.351 e. The van der Waals surface area contributed by atoms with Gasteiger partial charge in [0.2, 0.25) is 0 Å². The first-order valence-electron chi connectivity index (χ1n) is 8.11. The van der Waals surface area contributed by atoms with Crippen LogP contribution >= 0.6 is 0 Å². The number of aromatic nitrogens is 2. The lowest BCUT2D eigenvalue weighted by atomic mass is 9.96. The number of anilines is 1. The Morgan fingerprint density at radius 2 is 2.12 bits per heavy atom. The van der Waals surface area contributed by atoms with Gasteiger partial charge in [-0.2, -0.15) is 4.98 Å². The highest BCUT2D eigenvalue weighted by Gasteiger charge is 2.54. The zero-order valence-corrected chi connectivity index (χ0v) is 14.1. The Bertz CT molecular complexity index is 825. The van der Waals surface area contributed by atoms with Crippen molar-refractivity contribution in [2.45, 2.75) is 30.6 Å². The lowest BCUT2D eigenvalue weighted by molar-refractivity contribution is -0.115. The van der Waals surface area contributed by atoms with Crippen molar-refractivity contribution in [1.29, 1.82) is 0 Å². The minimum atomic E-state index is -1.36. The Morgan fingerprint density at radius 3 is 2.73 bits per heavy atom. The van der Waals surface area contributed by atoms with Crippen LogP contribution in [0.25, 0.3) is 0 Å². The van der Waals surface area contributed by atoms with Crippen LogP contribution in [-0.4, -0.2) is 44.2 Å². The average molecular weight is 359 g/mol. The summed E-state index contributed by atoms with van der Waals surface area (Å²) in [5, 5.41) is 20.6. The molecule has 1 saturated heterocycles. The van der Waals surface area contributed by atoms with Gasteiger partial charge in [0.25, 0.3) is 0 Å². The van der Waals surface area contributed by atoms with Crippen molar-refractivity contribution in [3.63, 3.8) is 0 Å². The molecular weight excluding hydrogens is 338 g/mol. The number of ether oxygens (including phenoxy) is 2. The lowest BCUT2D eigenvalue weighted by Crippen LogP contribution is -2.46. The minimum absolute atomic E-state index is 0.0627. The molecule has 2 heterocycles. The summed E-state index contributed by atoms with van der Waals surface area (Å²) in [5.74, 6) is 0.0627. The summed E-state index contributed by atoms with van der Waals surface area (Å²) in [7, 11) is 0. The topological polar surface area (TPSA) is 120 Å². The number of nitrogen functional groups attached to an aromatic ring is 1. The van der Waals surface area contributed by atoms with Gasteiger partial charge in [-0.05, 0) is 11.6 Å². The molecule has 1 aliphatic heterocycles. The fourth-order valence-corrected chi connectivity index (χ4v) is 3.00. The molecule has 0 saturated carbocycles. The SMILES string of the molecule is C=C[C@]1(CO)O[C@@H](n2ccc(N)nc2=O)[C@H](O)[C@@H]1OCc1ccccc1. The third-order valence-corrected chi connectivity index (χ3v) is 4.41. The molecule has 4 N–H and O–H groups in total. The van der Waals surface area contributed by atoms with E-state index in [1.165, 1.54) is 18.3 Å². The van der Waals surface area contributed by atoms with E-state index < -0.39 is 36.3 Å². The number of aliphatic hydroxyl groups excluding tert-OH is 2. The number of aliphatic hydroxyl groups is 2. The lowest BCUT2D eigenvalue weighted by Gasteiger charge is -2.29. The van der Waals surface area contributed by atoms with Gasteiger partial charge in [-0.15, -0.1) is 6.58 Å². The molecule has 8 nitrogen and oxygen atoms in total. The number of hydrogen-bond donors (Lipinski definition) is 3. The Morgan fingerprint density at radius 1 is 1.38 bits per heavy atom. The molecule has 0 bridgehead atoms. The average Bonchev–Trinajstić information content (AvgIpc) is 2.93. The van der Waals surface area contributed by atoms with E-state index in [1.807, 2.05) is 30.3 Å². The van der Waals surface area contributed by atoms with E-state index in [1.54, 1.807) is 0 Å². The van der Waals surface area contributed by atoms with Gasteiger partial charge in [0.15, 0.2) is 6.23 Å². The van der Waals surface area contributed by atoms with Crippen molar-refractivity contribution in [2.24, 2.45) is 0 Å². The van der Waals surface area contributed by atoms with E-state index >= 15 is 0 Å². The third kappa shape index (κ3) is 3.27. The Kier molecular flexibility index (Phi) is 5.19. The van der Waals surface area contributed by atoms with Crippen LogP contribution in [0.5, 0.6) is 0 Å². The predicted molar refractivity (Wildman–Crippen MR) is 94.1 cm³/mol. The largest absolute Gasteiger partial charge is 0.393 e. The molecule has 3 rings (SSSR count). The summed E-state index contributed by atoms with van der Waals surface area (Å²) >= 11 is 0. The molecule has 1 aromatic carbocycles. The second-order valence-electron chi connectivity index (χ2n) is 6.08. The van der Waals surface area contributed by atoms with Crippen LogP contribution in [0.15, 0.2) is 60.0 Å². The Hall–Kier alpha value is -2.52. The van der Waals surface area contributed by atoms with Crippen molar-refractivity contribution < 1.29 is 19.7 Å². The summed E-state index contributed by atoms with van der Waals surface area (Å²) in [5.41, 5.74) is 4.36. The Balaban J connectivity index is 1.89. The molecule has 0 radical (unpaired) electrons. The summed E-state index contributed by atoms with van der Waals surface area (Å²) in [6.45, 7) is 3.42. The van der Waals surface area contributed by atoms with Gasteiger partial charge in [-0.25, -0.2) is 4.79 Å². The molecule has 4 atom stereocenters. The molecule has 0 aliphatic carbocycles. The fourth-order valence-electron chi connectivity index (χ4n) is 3.00. The molecular formula is C18H21N3O5. The van der Waals surface area contributed by atoms with E-state index in [0.29, 0.717) is 0 Å². The first-order valence-corrected chi connectivity index (χ1v) is 8.11. The van der Waals surface area contributed by atoms with Crippen LogP contribution in [0, 0.1) is 0 Å². The van der Waals surface area contributed by atoms with Gasteiger partial charge in [-0.3, -0.25) is 4.57 Å². The summed E-state index contributed by atoms with van der Waals surface area (Å²) in [4.78, 5) is 15.7. The normalized spacial score (nSPS) is 28.2. The van der Waals surface area contributed by atoms with Gasteiger partial charge in [-0.1, -0.05) is 36.4 Å². The monoisotopic (exact) mass is 359 g/mol. The number of rotatable bonds is 6. The van der Waals surface area contributed by atoms with Crippen LogP contribution in [0.3, 0.4) is 0 Å². The summed E-state index contributed by atoms with van der Waals surface area (Å²) in [6, 6.07) is 10.8.